The first-order valence-electron chi connectivity index (χ1n) is 7.58. The summed E-state index contributed by atoms with van der Waals surface area (Å²) in [6.45, 7) is 2.33. The molecular formula is C16H15N3O5S2. The zero-order valence-corrected chi connectivity index (χ0v) is 15.6. The Hall–Kier alpha value is -2.72. The number of nitro benzene ring substituents is 1. The Labute approximate surface area is 153 Å². The summed E-state index contributed by atoms with van der Waals surface area (Å²) in [4.78, 5) is 10.8. The Kier molecular flexibility index (Phi) is 4.79. The lowest BCUT2D eigenvalue weighted by Crippen LogP contribution is -2.16. The molecule has 136 valence electrons. The Morgan fingerprint density at radius 1 is 1.23 bits per heavy atom. The molecule has 3 rings (SSSR count). The van der Waals surface area contributed by atoms with Gasteiger partial charge in [-0.15, -0.1) is 4.40 Å². The van der Waals surface area contributed by atoms with Crippen LogP contribution in [0.3, 0.4) is 0 Å². The maximum absolute atomic E-state index is 12.6. The van der Waals surface area contributed by atoms with E-state index in [-0.39, 0.29) is 15.4 Å². The molecule has 10 heteroatoms. The second-order valence-electron chi connectivity index (χ2n) is 5.28. The summed E-state index contributed by atoms with van der Waals surface area (Å²) in [5, 5.41) is 10.9. The summed E-state index contributed by atoms with van der Waals surface area (Å²) in [6.07, 6.45) is 0. The van der Waals surface area contributed by atoms with Crippen LogP contribution in [0.1, 0.15) is 6.92 Å². The van der Waals surface area contributed by atoms with Crippen LogP contribution in [0.25, 0.3) is 10.2 Å². The smallest absolute Gasteiger partial charge is 0.285 e. The summed E-state index contributed by atoms with van der Waals surface area (Å²) >= 11 is 1.10. The molecule has 0 atom stereocenters. The van der Waals surface area contributed by atoms with Gasteiger partial charge >= 0.3 is 0 Å². The topological polar surface area (TPSA) is 104 Å². The first-order valence-corrected chi connectivity index (χ1v) is 9.84. The minimum absolute atomic E-state index is 0.0457. The van der Waals surface area contributed by atoms with Gasteiger partial charge in [0.1, 0.15) is 5.75 Å². The largest absolute Gasteiger partial charge is 0.497 e. The number of thiazole rings is 1. The zero-order valence-electron chi connectivity index (χ0n) is 13.9. The average Bonchev–Trinajstić information content (AvgIpc) is 2.96. The molecule has 0 aliphatic heterocycles. The van der Waals surface area contributed by atoms with Crippen LogP contribution in [0.2, 0.25) is 0 Å². The van der Waals surface area contributed by atoms with E-state index in [1.54, 1.807) is 22.8 Å². The Balaban J connectivity index is 2.17. The van der Waals surface area contributed by atoms with Crippen LogP contribution < -0.4 is 9.54 Å². The summed E-state index contributed by atoms with van der Waals surface area (Å²) in [5.41, 5.74) is 0.651. The van der Waals surface area contributed by atoms with Crippen LogP contribution in [0, 0.1) is 10.1 Å². The molecule has 8 nitrogen and oxygen atoms in total. The highest BCUT2D eigenvalue weighted by atomic mass is 32.2. The lowest BCUT2D eigenvalue weighted by molar-refractivity contribution is -0.384. The number of fused-ring (bicyclic) bond motifs is 1. The molecule has 1 heterocycles. The van der Waals surface area contributed by atoms with E-state index < -0.39 is 14.9 Å². The third-order valence-corrected chi connectivity index (χ3v) is 6.19. The fraction of sp³-hybridized carbons (Fsp3) is 0.188. The highest BCUT2D eigenvalue weighted by Gasteiger charge is 2.16. The predicted octanol–water partition coefficient (Wildman–Crippen LogP) is 2.93. The van der Waals surface area contributed by atoms with Crippen molar-refractivity contribution in [1.82, 2.24) is 4.57 Å². The SMILES string of the molecule is CCn1/c(=N/S(=O)(=O)c2ccc(OC)cc2)sc2cc([N+](=O)[O-])ccc21. The predicted molar refractivity (Wildman–Crippen MR) is 97.9 cm³/mol. The van der Waals surface area contributed by atoms with Crippen molar-refractivity contribution in [1.29, 1.82) is 0 Å². The van der Waals surface area contributed by atoms with E-state index in [4.69, 9.17) is 4.74 Å². The molecule has 0 radical (unpaired) electrons. The van der Waals surface area contributed by atoms with Crippen LogP contribution in [0.5, 0.6) is 5.75 Å². The lowest BCUT2D eigenvalue weighted by atomic mass is 10.3. The van der Waals surface area contributed by atoms with E-state index in [2.05, 4.69) is 4.40 Å². The summed E-state index contributed by atoms with van der Waals surface area (Å²) in [5.74, 6) is 0.543. The van der Waals surface area contributed by atoms with Crippen molar-refractivity contribution in [3.63, 3.8) is 0 Å². The molecule has 0 aliphatic rings. The molecule has 0 aliphatic carbocycles. The molecule has 2 aromatic carbocycles. The molecule has 3 aromatic rings. The number of hydrogen-bond acceptors (Lipinski definition) is 6. The average molecular weight is 393 g/mol. The van der Waals surface area contributed by atoms with E-state index in [0.717, 1.165) is 11.3 Å². The third kappa shape index (κ3) is 3.33. The van der Waals surface area contributed by atoms with Gasteiger partial charge in [-0.2, -0.15) is 8.42 Å². The van der Waals surface area contributed by atoms with Gasteiger partial charge in [0.2, 0.25) is 4.80 Å². The van der Waals surface area contributed by atoms with Crippen molar-refractivity contribution in [3.8, 4) is 5.75 Å². The van der Waals surface area contributed by atoms with E-state index in [0.29, 0.717) is 22.5 Å². The highest BCUT2D eigenvalue weighted by Crippen LogP contribution is 2.24. The first-order chi connectivity index (χ1) is 12.4. The number of aromatic nitrogens is 1. The first kappa shape index (κ1) is 18.1. The summed E-state index contributed by atoms with van der Waals surface area (Å²) in [7, 11) is -2.43. The van der Waals surface area contributed by atoms with E-state index in [1.165, 1.54) is 31.4 Å². The maximum atomic E-state index is 12.6. The van der Waals surface area contributed by atoms with Gasteiger partial charge in [0.15, 0.2) is 0 Å². The lowest BCUT2D eigenvalue weighted by Gasteiger charge is -2.02. The van der Waals surface area contributed by atoms with Crippen LogP contribution in [0.4, 0.5) is 5.69 Å². The Morgan fingerprint density at radius 2 is 1.92 bits per heavy atom. The van der Waals surface area contributed by atoms with Gasteiger partial charge < -0.3 is 9.30 Å². The van der Waals surface area contributed by atoms with Crippen molar-refractivity contribution < 1.29 is 18.1 Å². The van der Waals surface area contributed by atoms with Gasteiger partial charge in [0, 0.05) is 18.7 Å². The number of non-ortho nitro benzene ring substituents is 1. The van der Waals surface area contributed by atoms with Crippen molar-refractivity contribution >= 4 is 37.3 Å². The molecule has 1 aromatic heterocycles. The molecule has 0 fully saturated rings. The summed E-state index contributed by atoms with van der Waals surface area (Å²) < 4.78 is 36.5. The van der Waals surface area contributed by atoms with Gasteiger partial charge in [-0.05, 0) is 37.3 Å². The molecule has 26 heavy (non-hydrogen) atoms. The van der Waals surface area contributed by atoms with Gasteiger partial charge in [-0.3, -0.25) is 10.1 Å². The fourth-order valence-electron chi connectivity index (χ4n) is 2.45. The van der Waals surface area contributed by atoms with Crippen molar-refractivity contribution in [2.75, 3.05) is 7.11 Å². The number of nitrogens with zero attached hydrogens (tertiary/aromatic N) is 3. The molecule has 0 saturated heterocycles. The normalized spacial score (nSPS) is 12.5. The number of nitro groups is 1. The molecule has 0 saturated carbocycles. The van der Waals surface area contributed by atoms with Crippen LogP contribution in [-0.2, 0) is 16.6 Å². The second kappa shape index (κ2) is 6.89. The standard InChI is InChI=1S/C16H15N3O5S2/c1-3-18-14-9-4-11(19(20)21)10-15(14)25-16(18)17-26(22,23)13-7-5-12(24-2)6-8-13/h4-10H,3H2,1-2H3/b17-16-. The second-order valence-corrected chi connectivity index (χ2v) is 7.89. The molecule has 0 spiro atoms. The number of rotatable bonds is 5. The van der Waals surface area contributed by atoms with Gasteiger partial charge in [-0.1, -0.05) is 11.3 Å². The fourth-order valence-corrected chi connectivity index (χ4v) is 4.78. The van der Waals surface area contributed by atoms with Crippen LogP contribution in [-0.4, -0.2) is 25.0 Å². The summed E-state index contributed by atoms with van der Waals surface area (Å²) in [6, 6.07) is 10.4. The minimum Gasteiger partial charge on any atom is -0.497 e. The number of aryl methyl sites for hydroxylation is 1. The number of benzene rings is 2. The van der Waals surface area contributed by atoms with E-state index in [9.17, 15) is 18.5 Å². The number of hydrogen-bond donors (Lipinski definition) is 0. The van der Waals surface area contributed by atoms with Gasteiger partial charge in [0.05, 0.1) is 27.1 Å². The van der Waals surface area contributed by atoms with E-state index >= 15 is 0 Å². The molecule has 0 N–H and O–H groups in total. The molecule has 0 bridgehead atoms. The van der Waals surface area contributed by atoms with Crippen LogP contribution in [0.15, 0.2) is 51.8 Å². The highest BCUT2D eigenvalue weighted by molar-refractivity contribution is 7.90. The van der Waals surface area contributed by atoms with Crippen molar-refractivity contribution in [2.24, 2.45) is 4.40 Å². The molecule has 0 unspecified atom stereocenters. The van der Waals surface area contributed by atoms with Crippen molar-refractivity contribution in [3.05, 3.63) is 57.4 Å². The monoisotopic (exact) mass is 393 g/mol. The quantitative estimate of drug-likeness (QED) is 0.490. The molecule has 0 amide bonds. The number of ether oxygens (including phenoxy) is 1. The maximum Gasteiger partial charge on any atom is 0.285 e. The third-order valence-electron chi connectivity index (χ3n) is 3.75. The zero-order chi connectivity index (χ0) is 18.9. The number of methoxy groups -OCH3 is 1. The van der Waals surface area contributed by atoms with Gasteiger partial charge in [0.25, 0.3) is 15.7 Å². The minimum atomic E-state index is -3.92. The number of sulfonamides is 1. The van der Waals surface area contributed by atoms with Gasteiger partial charge in [-0.25, -0.2) is 0 Å². The van der Waals surface area contributed by atoms with Crippen molar-refractivity contribution in [2.45, 2.75) is 18.4 Å². The van der Waals surface area contributed by atoms with E-state index in [1.807, 2.05) is 6.92 Å². The van der Waals surface area contributed by atoms with Crippen LogP contribution >= 0.6 is 11.3 Å². The molecular weight excluding hydrogens is 378 g/mol. The Morgan fingerprint density at radius 3 is 2.50 bits per heavy atom. The Bertz CT molecular complexity index is 1140.